The standard InChI is InChI=1S/C26H38N4/c1-3-15-29-23-18-24-22(17-21(23)27-25(29)19-11-7-5-8-12-19)28-26(30(24)16-4-2)20-13-9-6-10-14-20/h17-20H,3-16H2,1-2H3. The lowest BCUT2D eigenvalue weighted by atomic mass is 9.88. The first-order chi connectivity index (χ1) is 14.8. The predicted octanol–water partition coefficient (Wildman–Crippen LogP) is 7.30. The van der Waals surface area contributed by atoms with Crippen LogP contribution in [0.5, 0.6) is 0 Å². The summed E-state index contributed by atoms with van der Waals surface area (Å²) in [7, 11) is 0. The van der Waals surface area contributed by atoms with Crippen molar-refractivity contribution in [3.8, 4) is 0 Å². The van der Waals surface area contributed by atoms with Gasteiger partial charge in [-0.25, -0.2) is 9.97 Å². The molecule has 4 nitrogen and oxygen atoms in total. The molecule has 3 aromatic rings. The van der Waals surface area contributed by atoms with E-state index in [-0.39, 0.29) is 0 Å². The topological polar surface area (TPSA) is 35.6 Å². The maximum absolute atomic E-state index is 5.22. The number of benzene rings is 1. The van der Waals surface area contributed by atoms with Crippen LogP contribution in [0.1, 0.15) is 114 Å². The first kappa shape index (κ1) is 20.1. The second-order valence-electron chi connectivity index (χ2n) is 9.74. The van der Waals surface area contributed by atoms with E-state index in [4.69, 9.17) is 9.97 Å². The molecule has 2 aliphatic rings. The van der Waals surface area contributed by atoms with Gasteiger partial charge in [0, 0.05) is 24.9 Å². The van der Waals surface area contributed by atoms with Crippen molar-refractivity contribution in [1.29, 1.82) is 0 Å². The van der Waals surface area contributed by atoms with Gasteiger partial charge < -0.3 is 9.13 Å². The van der Waals surface area contributed by atoms with Gasteiger partial charge in [0.05, 0.1) is 22.1 Å². The molecule has 0 atom stereocenters. The SMILES string of the molecule is CCCn1c(C2CCCCC2)nc2cc3nc(C4CCCCC4)n(CCC)c3cc21. The molecule has 2 aromatic heterocycles. The number of nitrogens with zero attached hydrogens (tertiary/aromatic N) is 4. The van der Waals surface area contributed by atoms with Gasteiger partial charge in [0.2, 0.25) is 0 Å². The zero-order chi connectivity index (χ0) is 20.5. The van der Waals surface area contributed by atoms with Gasteiger partial charge in [-0.05, 0) is 50.7 Å². The van der Waals surface area contributed by atoms with Gasteiger partial charge in [0.15, 0.2) is 0 Å². The minimum Gasteiger partial charge on any atom is -0.328 e. The summed E-state index contributed by atoms with van der Waals surface area (Å²) < 4.78 is 5.10. The molecule has 0 saturated heterocycles. The fourth-order valence-electron chi connectivity index (χ4n) is 6.04. The van der Waals surface area contributed by atoms with Gasteiger partial charge in [-0.15, -0.1) is 0 Å². The van der Waals surface area contributed by atoms with Crippen LogP contribution < -0.4 is 0 Å². The summed E-state index contributed by atoms with van der Waals surface area (Å²) in [5, 5.41) is 0. The van der Waals surface area contributed by atoms with Crippen LogP contribution >= 0.6 is 0 Å². The van der Waals surface area contributed by atoms with Gasteiger partial charge in [-0.2, -0.15) is 0 Å². The third-order valence-corrected chi connectivity index (χ3v) is 7.51. The second kappa shape index (κ2) is 8.72. The first-order valence-electron chi connectivity index (χ1n) is 12.7. The number of aromatic nitrogens is 4. The van der Waals surface area contributed by atoms with Crippen LogP contribution in [0.2, 0.25) is 0 Å². The Balaban J connectivity index is 1.64. The lowest BCUT2D eigenvalue weighted by Crippen LogP contribution is -2.13. The Morgan fingerprint density at radius 1 is 0.667 bits per heavy atom. The van der Waals surface area contributed by atoms with E-state index in [0.29, 0.717) is 11.8 Å². The molecule has 0 unspecified atom stereocenters. The Morgan fingerprint density at radius 3 is 1.50 bits per heavy atom. The highest BCUT2D eigenvalue weighted by Crippen LogP contribution is 2.37. The molecule has 0 aliphatic heterocycles. The van der Waals surface area contributed by atoms with Gasteiger partial charge in [0.1, 0.15) is 11.6 Å². The molecule has 0 N–H and O–H groups in total. The summed E-state index contributed by atoms with van der Waals surface area (Å²) in [4.78, 5) is 10.4. The van der Waals surface area contributed by atoms with Crippen molar-refractivity contribution in [3.63, 3.8) is 0 Å². The third-order valence-electron chi connectivity index (χ3n) is 7.51. The molecule has 0 bridgehead atoms. The van der Waals surface area contributed by atoms with Crippen LogP contribution in [0.25, 0.3) is 22.1 Å². The molecule has 0 radical (unpaired) electrons. The van der Waals surface area contributed by atoms with Crippen molar-refractivity contribution in [2.24, 2.45) is 0 Å². The Hall–Kier alpha value is -1.84. The van der Waals surface area contributed by atoms with Crippen molar-refractivity contribution in [3.05, 3.63) is 23.8 Å². The number of fused-ring (bicyclic) bond motifs is 2. The van der Waals surface area contributed by atoms with Crippen LogP contribution in [-0.4, -0.2) is 19.1 Å². The van der Waals surface area contributed by atoms with E-state index >= 15 is 0 Å². The van der Waals surface area contributed by atoms with Crippen molar-refractivity contribution < 1.29 is 0 Å². The fourth-order valence-corrected chi connectivity index (χ4v) is 6.04. The smallest absolute Gasteiger partial charge is 0.112 e. The van der Waals surface area contributed by atoms with Crippen LogP contribution in [-0.2, 0) is 13.1 Å². The van der Waals surface area contributed by atoms with E-state index in [2.05, 4.69) is 35.1 Å². The lowest BCUT2D eigenvalue weighted by Gasteiger charge is -2.22. The van der Waals surface area contributed by atoms with Crippen molar-refractivity contribution in [2.45, 2.75) is 116 Å². The molecule has 2 fully saturated rings. The molecular formula is C26H38N4. The molecule has 4 heteroatoms. The molecule has 0 amide bonds. The average Bonchev–Trinajstić information content (AvgIpc) is 3.32. The van der Waals surface area contributed by atoms with Gasteiger partial charge in [-0.1, -0.05) is 52.4 Å². The normalized spacial score (nSPS) is 19.3. The minimum absolute atomic E-state index is 0.639. The molecule has 2 saturated carbocycles. The Morgan fingerprint density at radius 2 is 1.10 bits per heavy atom. The van der Waals surface area contributed by atoms with E-state index in [9.17, 15) is 0 Å². The first-order valence-corrected chi connectivity index (χ1v) is 12.7. The van der Waals surface area contributed by atoms with E-state index in [1.54, 1.807) is 0 Å². The summed E-state index contributed by atoms with van der Waals surface area (Å²) in [6.07, 6.45) is 15.7. The maximum Gasteiger partial charge on any atom is 0.112 e. The Kier molecular flexibility index (Phi) is 5.84. The maximum atomic E-state index is 5.22. The number of aryl methyl sites for hydroxylation is 2. The largest absolute Gasteiger partial charge is 0.328 e. The summed E-state index contributed by atoms with van der Waals surface area (Å²) in [5.74, 6) is 3.96. The highest BCUT2D eigenvalue weighted by atomic mass is 15.1. The monoisotopic (exact) mass is 406 g/mol. The number of hydrogen-bond donors (Lipinski definition) is 0. The van der Waals surface area contributed by atoms with Gasteiger partial charge in [0.25, 0.3) is 0 Å². The highest BCUT2D eigenvalue weighted by molar-refractivity contribution is 5.92. The van der Waals surface area contributed by atoms with Gasteiger partial charge >= 0.3 is 0 Å². The van der Waals surface area contributed by atoms with E-state index in [1.165, 1.54) is 86.9 Å². The van der Waals surface area contributed by atoms with Crippen molar-refractivity contribution in [2.75, 3.05) is 0 Å². The van der Waals surface area contributed by atoms with Crippen LogP contribution in [0, 0.1) is 0 Å². The van der Waals surface area contributed by atoms with E-state index in [1.807, 2.05) is 0 Å². The molecule has 30 heavy (non-hydrogen) atoms. The van der Waals surface area contributed by atoms with Crippen LogP contribution in [0.3, 0.4) is 0 Å². The summed E-state index contributed by atoms with van der Waals surface area (Å²) in [6.45, 7) is 6.73. The van der Waals surface area contributed by atoms with Crippen LogP contribution in [0.4, 0.5) is 0 Å². The number of hydrogen-bond acceptors (Lipinski definition) is 2. The van der Waals surface area contributed by atoms with Gasteiger partial charge in [-0.3, -0.25) is 0 Å². The molecule has 162 valence electrons. The van der Waals surface area contributed by atoms with Crippen molar-refractivity contribution >= 4 is 22.1 Å². The summed E-state index contributed by atoms with van der Waals surface area (Å²) >= 11 is 0. The average molecular weight is 407 g/mol. The molecule has 5 rings (SSSR count). The Labute approximate surface area is 181 Å². The summed E-state index contributed by atoms with van der Waals surface area (Å²) in [5.41, 5.74) is 4.98. The zero-order valence-corrected chi connectivity index (χ0v) is 19.0. The number of rotatable bonds is 6. The predicted molar refractivity (Wildman–Crippen MR) is 125 cm³/mol. The second-order valence-corrected chi connectivity index (χ2v) is 9.74. The minimum atomic E-state index is 0.639. The zero-order valence-electron chi connectivity index (χ0n) is 19.0. The molecule has 2 heterocycles. The van der Waals surface area contributed by atoms with Crippen LogP contribution in [0.15, 0.2) is 12.1 Å². The number of imidazole rings is 2. The van der Waals surface area contributed by atoms with E-state index in [0.717, 1.165) is 37.0 Å². The third kappa shape index (κ3) is 3.56. The quantitative estimate of drug-likeness (QED) is 0.430. The molecule has 2 aliphatic carbocycles. The summed E-state index contributed by atoms with van der Waals surface area (Å²) in [6, 6.07) is 4.72. The molecule has 1 aromatic carbocycles. The lowest BCUT2D eigenvalue weighted by molar-refractivity contribution is 0.416. The van der Waals surface area contributed by atoms with E-state index < -0.39 is 0 Å². The fraction of sp³-hybridized carbons (Fsp3) is 0.692. The molecule has 0 spiro atoms. The Bertz CT molecular complexity index is 922. The van der Waals surface area contributed by atoms with Crippen molar-refractivity contribution in [1.82, 2.24) is 19.1 Å². The highest BCUT2D eigenvalue weighted by Gasteiger charge is 2.25. The molecular weight excluding hydrogens is 368 g/mol.